The van der Waals surface area contributed by atoms with Gasteiger partial charge in [0.1, 0.15) is 6.61 Å². The lowest BCUT2D eigenvalue weighted by Crippen LogP contribution is -2.00. The van der Waals surface area contributed by atoms with Crippen LogP contribution in [0.15, 0.2) is 64.3 Å². The van der Waals surface area contributed by atoms with Crippen LogP contribution >= 0.6 is 27.5 Å². The van der Waals surface area contributed by atoms with E-state index >= 15 is 0 Å². The van der Waals surface area contributed by atoms with Crippen LogP contribution in [-0.2, 0) is 6.61 Å². The Kier molecular flexibility index (Phi) is 7.21. The molecule has 0 spiro atoms. The highest BCUT2D eigenvalue weighted by atomic mass is 79.9. The van der Waals surface area contributed by atoms with Crippen molar-refractivity contribution in [3.8, 4) is 11.5 Å². The molecule has 8 nitrogen and oxygen atoms in total. The number of nitrogens with zero attached hydrogens (tertiary/aromatic N) is 3. The van der Waals surface area contributed by atoms with E-state index in [1.165, 1.54) is 31.7 Å². The number of anilines is 1. The van der Waals surface area contributed by atoms with Crippen molar-refractivity contribution in [3.63, 3.8) is 0 Å². The minimum atomic E-state index is -0.539. The van der Waals surface area contributed by atoms with E-state index in [4.69, 9.17) is 21.1 Å². The number of hydrogen-bond acceptors (Lipinski definition) is 7. The highest BCUT2D eigenvalue weighted by Gasteiger charge is 2.14. The normalized spacial score (nSPS) is 10.8. The summed E-state index contributed by atoms with van der Waals surface area (Å²) in [4.78, 5) is 14.4. The summed E-state index contributed by atoms with van der Waals surface area (Å²) in [7, 11) is 1.51. The molecule has 2 aromatic carbocycles. The van der Waals surface area contributed by atoms with Gasteiger partial charge in [-0.25, -0.2) is 4.98 Å². The van der Waals surface area contributed by atoms with Gasteiger partial charge in [-0.1, -0.05) is 39.7 Å². The predicted octanol–water partition coefficient (Wildman–Crippen LogP) is 5.44. The summed E-state index contributed by atoms with van der Waals surface area (Å²) < 4.78 is 12.2. The maximum atomic E-state index is 11.0. The number of nitrogens with one attached hydrogen (secondary N) is 1. The van der Waals surface area contributed by atoms with Gasteiger partial charge in [-0.2, -0.15) is 5.10 Å². The fourth-order valence-electron chi connectivity index (χ4n) is 2.49. The molecule has 0 aliphatic heterocycles. The fourth-order valence-corrected chi connectivity index (χ4v) is 3.03. The first-order chi connectivity index (χ1) is 14.5. The first-order valence-corrected chi connectivity index (χ1v) is 9.78. The first kappa shape index (κ1) is 21.5. The van der Waals surface area contributed by atoms with E-state index in [1.54, 1.807) is 12.1 Å². The number of nitro groups is 1. The monoisotopic (exact) mass is 490 g/mol. The standard InChI is InChI=1S/C20H16BrClN4O4/c1-29-18-10-14(11-24-25-20-17(26(27)28)3-2-8-23-20)9-16(22)19(18)30-12-13-4-6-15(21)7-5-13/h2-11H,12H2,1H3,(H,23,25)/b24-11-. The number of hydrazone groups is 1. The molecule has 0 bridgehead atoms. The molecular formula is C20H16BrClN4O4. The summed E-state index contributed by atoms with van der Waals surface area (Å²) >= 11 is 9.76. The van der Waals surface area contributed by atoms with Gasteiger partial charge in [0.05, 0.1) is 23.3 Å². The van der Waals surface area contributed by atoms with E-state index in [0.717, 1.165) is 10.0 Å². The molecule has 0 radical (unpaired) electrons. The van der Waals surface area contributed by atoms with Gasteiger partial charge < -0.3 is 9.47 Å². The Morgan fingerprint density at radius 3 is 2.77 bits per heavy atom. The van der Waals surface area contributed by atoms with Gasteiger partial charge in [0.15, 0.2) is 11.5 Å². The molecule has 1 heterocycles. The minimum absolute atomic E-state index is 0.0336. The molecule has 0 saturated heterocycles. The second-order valence-electron chi connectivity index (χ2n) is 5.95. The van der Waals surface area contributed by atoms with Gasteiger partial charge in [0.25, 0.3) is 0 Å². The van der Waals surface area contributed by atoms with Crippen molar-refractivity contribution in [3.05, 3.63) is 85.5 Å². The first-order valence-electron chi connectivity index (χ1n) is 8.61. The molecule has 3 rings (SSSR count). The fraction of sp³-hybridized carbons (Fsp3) is 0.100. The second kappa shape index (κ2) is 10.0. The Morgan fingerprint density at radius 1 is 1.30 bits per heavy atom. The molecule has 0 saturated carbocycles. The lowest BCUT2D eigenvalue weighted by Gasteiger charge is -2.13. The Balaban J connectivity index is 1.74. The lowest BCUT2D eigenvalue weighted by molar-refractivity contribution is -0.384. The van der Waals surface area contributed by atoms with Gasteiger partial charge in [0, 0.05) is 16.7 Å². The summed E-state index contributed by atoms with van der Waals surface area (Å²) in [5, 5.41) is 15.4. The SMILES string of the molecule is COc1cc(/C=N\Nc2ncccc2[N+](=O)[O-])cc(Cl)c1OCc1ccc(Br)cc1. The number of aromatic nitrogens is 1. The maximum absolute atomic E-state index is 11.0. The largest absolute Gasteiger partial charge is 0.493 e. The van der Waals surface area contributed by atoms with Crippen LogP contribution in [0.25, 0.3) is 0 Å². The number of methoxy groups -OCH3 is 1. The van der Waals surface area contributed by atoms with Crippen molar-refractivity contribution in [2.24, 2.45) is 5.10 Å². The summed E-state index contributed by atoms with van der Waals surface area (Å²) in [5.74, 6) is 0.878. The molecule has 1 N–H and O–H groups in total. The molecule has 0 atom stereocenters. The molecule has 10 heteroatoms. The van der Waals surface area contributed by atoms with Crippen LogP contribution in [0.5, 0.6) is 11.5 Å². The third-order valence-electron chi connectivity index (χ3n) is 3.92. The topological polar surface area (TPSA) is 98.9 Å². The number of benzene rings is 2. The van der Waals surface area contributed by atoms with E-state index < -0.39 is 4.92 Å². The van der Waals surface area contributed by atoms with Gasteiger partial charge in [0.2, 0.25) is 5.82 Å². The van der Waals surface area contributed by atoms with Crippen LogP contribution in [0.1, 0.15) is 11.1 Å². The van der Waals surface area contributed by atoms with Crippen molar-refractivity contribution in [2.45, 2.75) is 6.61 Å². The molecule has 0 aliphatic carbocycles. The number of ether oxygens (including phenoxy) is 2. The Bertz CT molecular complexity index is 1080. The van der Waals surface area contributed by atoms with E-state index in [0.29, 0.717) is 28.7 Å². The second-order valence-corrected chi connectivity index (χ2v) is 7.27. The van der Waals surface area contributed by atoms with Gasteiger partial charge in [-0.05, 0) is 41.5 Å². The highest BCUT2D eigenvalue weighted by molar-refractivity contribution is 9.10. The van der Waals surface area contributed by atoms with Crippen molar-refractivity contribution in [2.75, 3.05) is 12.5 Å². The molecule has 0 amide bonds. The van der Waals surface area contributed by atoms with Gasteiger partial charge in [-0.3, -0.25) is 15.5 Å². The zero-order chi connectivity index (χ0) is 21.5. The van der Waals surface area contributed by atoms with Crippen LogP contribution < -0.4 is 14.9 Å². The highest BCUT2D eigenvalue weighted by Crippen LogP contribution is 2.36. The summed E-state index contributed by atoms with van der Waals surface area (Å²) in [5.41, 5.74) is 3.97. The summed E-state index contributed by atoms with van der Waals surface area (Å²) in [6, 6.07) is 13.9. The van der Waals surface area contributed by atoms with Crippen LogP contribution in [-0.4, -0.2) is 23.2 Å². The van der Waals surface area contributed by atoms with E-state index in [-0.39, 0.29) is 11.5 Å². The van der Waals surface area contributed by atoms with E-state index in [9.17, 15) is 10.1 Å². The Labute approximate surface area is 185 Å². The maximum Gasteiger partial charge on any atom is 0.313 e. The number of halogens is 2. The van der Waals surface area contributed by atoms with Crippen LogP contribution in [0.4, 0.5) is 11.5 Å². The lowest BCUT2D eigenvalue weighted by atomic mass is 10.2. The minimum Gasteiger partial charge on any atom is -0.493 e. The van der Waals surface area contributed by atoms with Crippen LogP contribution in [0, 0.1) is 10.1 Å². The Hall–Kier alpha value is -3.17. The van der Waals surface area contributed by atoms with Crippen molar-refractivity contribution in [1.82, 2.24) is 4.98 Å². The third kappa shape index (κ3) is 5.46. The molecule has 3 aromatic rings. The summed E-state index contributed by atoms with van der Waals surface area (Å²) in [6.07, 6.45) is 2.88. The quantitative estimate of drug-likeness (QED) is 0.256. The number of hydrogen-bond donors (Lipinski definition) is 1. The average molecular weight is 492 g/mol. The number of pyridine rings is 1. The molecule has 0 unspecified atom stereocenters. The molecule has 0 fully saturated rings. The third-order valence-corrected chi connectivity index (χ3v) is 4.72. The van der Waals surface area contributed by atoms with Crippen LogP contribution in [0.3, 0.4) is 0 Å². The number of rotatable bonds is 8. The van der Waals surface area contributed by atoms with Crippen molar-refractivity contribution in [1.29, 1.82) is 0 Å². The van der Waals surface area contributed by atoms with E-state index in [2.05, 4.69) is 31.4 Å². The zero-order valence-electron chi connectivity index (χ0n) is 15.7. The molecular weight excluding hydrogens is 476 g/mol. The summed E-state index contributed by atoms with van der Waals surface area (Å²) in [6.45, 7) is 0.321. The van der Waals surface area contributed by atoms with Gasteiger partial charge in [-0.15, -0.1) is 0 Å². The van der Waals surface area contributed by atoms with Gasteiger partial charge >= 0.3 is 5.69 Å². The average Bonchev–Trinajstić information content (AvgIpc) is 2.74. The molecule has 154 valence electrons. The molecule has 0 aliphatic rings. The molecule has 1 aromatic heterocycles. The van der Waals surface area contributed by atoms with Crippen molar-refractivity contribution >= 4 is 45.3 Å². The Morgan fingerprint density at radius 2 is 2.07 bits per heavy atom. The van der Waals surface area contributed by atoms with Crippen molar-refractivity contribution < 1.29 is 14.4 Å². The predicted molar refractivity (Wildman–Crippen MR) is 119 cm³/mol. The van der Waals surface area contributed by atoms with E-state index in [1.807, 2.05) is 24.3 Å². The molecule has 30 heavy (non-hydrogen) atoms. The van der Waals surface area contributed by atoms with Crippen LogP contribution in [0.2, 0.25) is 5.02 Å². The smallest absolute Gasteiger partial charge is 0.313 e. The zero-order valence-corrected chi connectivity index (χ0v) is 18.1.